The molecule has 1 aliphatic rings. The van der Waals surface area contributed by atoms with Crippen molar-refractivity contribution >= 4 is 27.1 Å². The van der Waals surface area contributed by atoms with E-state index in [0.29, 0.717) is 32.0 Å². The molecule has 3 heterocycles. The van der Waals surface area contributed by atoms with E-state index in [1.165, 1.54) is 40.6 Å². The number of anilines is 1. The number of piperidine rings is 1. The van der Waals surface area contributed by atoms with Crippen molar-refractivity contribution in [3.63, 3.8) is 0 Å². The van der Waals surface area contributed by atoms with Crippen molar-refractivity contribution < 1.29 is 4.74 Å². The average molecular weight is 525 g/mol. The van der Waals surface area contributed by atoms with Gasteiger partial charge in [-0.25, -0.2) is 4.68 Å². The Balaban J connectivity index is 1.26. The minimum atomic E-state index is -0.0440. The average Bonchev–Trinajstić information content (AvgIpc) is 3.57. The molecule has 5 rings (SSSR count). The molecule has 194 valence electrons. The first-order valence-electron chi connectivity index (χ1n) is 13.2. The summed E-state index contributed by atoms with van der Waals surface area (Å²) in [5.74, 6) is 7.82. The van der Waals surface area contributed by atoms with Crippen LogP contribution in [0.15, 0.2) is 47.8 Å². The molecular weight excluding hydrogens is 492 g/mol. The van der Waals surface area contributed by atoms with Gasteiger partial charge in [0.2, 0.25) is 0 Å². The Morgan fingerprint density at radius 3 is 2.84 bits per heavy atom. The molecule has 0 spiro atoms. The zero-order valence-electron chi connectivity index (χ0n) is 21.9. The number of thiophene rings is 1. The lowest BCUT2D eigenvalue weighted by Gasteiger charge is -2.35. The van der Waals surface area contributed by atoms with Crippen LogP contribution in [0.4, 0.5) is 5.69 Å². The summed E-state index contributed by atoms with van der Waals surface area (Å²) in [4.78, 5) is 2.57. The summed E-state index contributed by atoms with van der Waals surface area (Å²) in [6.07, 6.45) is 4.80. The number of nitriles is 1. The van der Waals surface area contributed by atoms with Gasteiger partial charge in [0.25, 0.3) is 0 Å². The van der Waals surface area contributed by atoms with E-state index in [2.05, 4.69) is 81.0 Å². The Kier molecular flexibility index (Phi) is 8.21. The highest BCUT2D eigenvalue weighted by Crippen LogP contribution is 2.37. The molecule has 0 bridgehead atoms. The van der Waals surface area contributed by atoms with E-state index in [-0.39, 0.29) is 5.92 Å². The summed E-state index contributed by atoms with van der Waals surface area (Å²) in [6.45, 7) is 6.31. The number of ether oxygens (including phenoxy) is 1. The van der Waals surface area contributed by atoms with Crippen LogP contribution in [0.2, 0.25) is 0 Å². The molecule has 1 unspecified atom stereocenters. The lowest BCUT2D eigenvalue weighted by atomic mass is 9.95. The molecule has 0 saturated carbocycles. The SMILES string of the molecule is CC#C[C@@H](Cc1nnnn1CCC#N)c1ccc(OCc2ccc3scc(N4CCCCC4C)c3c2)cc1. The summed E-state index contributed by atoms with van der Waals surface area (Å²) < 4.78 is 9.19. The van der Waals surface area contributed by atoms with Gasteiger partial charge in [-0.1, -0.05) is 24.1 Å². The monoisotopic (exact) mass is 524 g/mol. The number of tetrazole rings is 1. The number of hydrogen-bond donors (Lipinski definition) is 0. The van der Waals surface area contributed by atoms with Crippen LogP contribution in [-0.4, -0.2) is 32.8 Å². The molecule has 2 aromatic carbocycles. The maximum absolute atomic E-state index is 8.89. The maximum atomic E-state index is 8.89. The Bertz CT molecular complexity index is 1470. The third kappa shape index (κ3) is 5.82. The summed E-state index contributed by atoms with van der Waals surface area (Å²) in [5.41, 5.74) is 3.62. The largest absolute Gasteiger partial charge is 0.489 e. The van der Waals surface area contributed by atoms with Crippen molar-refractivity contribution in [2.24, 2.45) is 0 Å². The van der Waals surface area contributed by atoms with E-state index in [1.807, 2.05) is 30.4 Å². The van der Waals surface area contributed by atoms with Crippen LogP contribution in [0.1, 0.15) is 62.4 Å². The van der Waals surface area contributed by atoms with Gasteiger partial charge < -0.3 is 9.64 Å². The highest BCUT2D eigenvalue weighted by Gasteiger charge is 2.21. The summed E-state index contributed by atoms with van der Waals surface area (Å²) >= 11 is 1.83. The number of fused-ring (bicyclic) bond motifs is 1. The van der Waals surface area contributed by atoms with Crippen LogP contribution in [-0.2, 0) is 19.6 Å². The predicted molar refractivity (Wildman–Crippen MR) is 151 cm³/mol. The first kappa shape index (κ1) is 25.8. The van der Waals surface area contributed by atoms with Gasteiger partial charge in [0.15, 0.2) is 5.82 Å². The lowest BCUT2D eigenvalue weighted by Crippen LogP contribution is -2.37. The highest BCUT2D eigenvalue weighted by atomic mass is 32.1. The molecule has 7 nitrogen and oxygen atoms in total. The number of benzene rings is 2. The zero-order valence-corrected chi connectivity index (χ0v) is 22.7. The second kappa shape index (κ2) is 12.1. The molecule has 1 saturated heterocycles. The quantitative estimate of drug-likeness (QED) is 0.246. The molecule has 4 aromatic rings. The van der Waals surface area contributed by atoms with E-state index in [0.717, 1.165) is 23.7 Å². The third-order valence-corrected chi connectivity index (χ3v) is 8.12. The fourth-order valence-electron chi connectivity index (χ4n) is 5.10. The van der Waals surface area contributed by atoms with Gasteiger partial charge in [0, 0.05) is 34.5 Å². The van der Waals surface area contributed by atoms with Crippen LogP contribution in [0.5, 0.6) is 5.75 Å². The van der Waals surface area contributed by atoms with E-state index < -0.39 is 0 Å². The highest BCUT2D eigenvalue weighted by molar-refractivity contribution is 7.17. The summed E-state index contributed by atoms with van der Waals surface area (Å²) in [6, 6.07) is 17.5. The number of rotatable bonds is 9. The number of aryl methyl sites for hydroxylation is 1. The molecule has 38 heavy (non-hydrogen) atoms. The Morgan fingerprint density at radius 1 is 1.18 bits per heavy atom. The fourth-order valence-corrected chi connectivity index (χ4v) is 6.04. The molecule has 8 heteroatoms. The van der Waals surface area contributed by atoms with Crippen molar-refractivity contribution in [2.45, 2.75) is 71.1 Å². The molecule has 1 aliphatic heterocycles. The predicted octanol–water partition coefficient (Wildman–Crippen LogP) is 6.11. The van der Waals surface area contributed by atoms with Gasteiger partial charge in [-0.05, 0) is 78.9 Å². The second-order valence-electron chi connectivity index (χ2n) is 9.72. The minimum Gasteiger partial charge on any atom is -0.489 e. The van der Waals surface area contributed by atoms with Crippen LogP contribution in [0, 0.1) is 23.2 Å². The van der Waals surface area contributed by atoms with Crippen LogP contribution in [0.3, 0.4) is 0 Å². The molecule has 0 aliphatic carbocycles. The molecule has 0 radical (unpaired) electrons. The summed E-state index contributed by atoms with van der Waals surface area (Å²) in [7, 11) is 0. The first-order chi connectivity index (χ1) is 18.7. The Hall–Kier alpha value is -3.88. The van der Waals surface area contributed by atoms with Crippen molar-refractivity contribution in [1.82, 2.24) is 20.2 Å². The maximum Gasteiger partial charge on any atom is 0.152 e. The molecule has 2 aromatic heterocycles. The smallest absolute Gasteiger partial charge is 0.152 e. The van der Waals surface area contributed by atoms with Crippen molar-refractivity contribution in [3.05, 3.63) is 64.8 Å². The van der Waals surface area contributed by atoms with E-state index >= 15 is 0 Å². The lowest BCUT2D eigenvalue weighted by molar-refractivity contribution is 0.306. The van der Waals surface area contributed by atoms with Crippen LogP contribution < -0.4 is 9.64 Å². The van der Waals surface area contributed by atoms with Crippen LogP contribution in [0.25, 0.3) is 10.1 Å². The van der Waals surface area contributed by atoms with Gasteiger partial charge in [-0.3, -0.25) is 0 Å². The van der Waals surface area contributed by atoms with E-state index in [9.17, 15) is 0 Å². The second-order valence-corrected chi connectivity index (χ2v) is 10.6. The summed E-state index contributed by atoms with van der Waals surface area (Å²) in [5, 5.41) is 24.5. The van der Waals surface area contributed by atoms with Gasteiger partial charge in [-0.15, -0.1) is 22.4 Å². The number of nitrogens with zero attached hydrogens (tertiary/aromatic N) is 6. The van der Waals surface area contributed by atoms with Gasteiger partial charge >= 0.3 is 0 Å². The molecule has 1 fully saturated rings. The standard InChI is InChI=1S/C30H32N6OS/c1-3-7-25(19-30-32-33-34-36(30)17-6-15-31)24-10-12-26(13-11-24)37-20-23-9-14-29-27(18-23)28(21-38-29)35-16-5-4-8-22(35)2/h9-14,18,21-22,25H,4-6,8,16-17,19-20H2,1-2H3/t22?,25-/m0/s1. The number of hydrogen-bond acceptors (Lipinski definition) is 7. The topological polar surface area (TPSA) is 79.9 Å². The zero-order chi connectivity index (χ0) is 26.3. The molecule has 2 atom stereocenters. The van der Waals surface area contributed by atoms with Crippen LogP contribution >= 0.6 is 11.3 Å². The van der Waals surface area contributed by atoms with E-state index in [1.54, 1.807) is 4.68 Å². The van der Waals surface area contributed by atoms with Gasteiger partial charge in [0.1, 0.15) is 12.4 Å². The molecular formula is C30H32N6OS. The van der Waals surface area contributed by atoms with Gasteiger partial charge in [0.05, 0.1) is 30.6 Å². The number of aromatic nitrogens is 4. The normalized spacial score (nSPS) is 16.0. The molecule has 0 N–H and O–H groups in total. The van der Waals surface area contributed by atoms with Crippen molar-refractivity contribution in [1.29, 1.82) is 5.26 Å². The molecule has 0 amide bonds. The Morgan fingerprint density at radius 2 is 2.05 bits per heavy atom. The van der Waals surface area contributed by atoms with Crippen molar-refractivity contribution in [3.8, 4) is 23.7 Å². The van der Waals surface area contributed by atoms with Gasteiger partial charge in [-0.2, -0.15) is 5.26 Å². The first-order valence-corrected chi connectivity index (χ1v) is 14.1. The third-order valence-electron chi connectivity index (χ3n) is 7.16. The fraction of sp³-hybridized carbons (Fsp3) is 0.400. The van der Waals surface area contributed by atoms with Crippen molar-refractivity contribution in [2.75, 3.05) is 11.4 Å². The minimum absolute atomic E-state index is 0.0440. The Labute approximate surface area is 228 Å². The van der Waals surface area contributed by atoms with E-state index in [4.69, 9.17) is 10.00 Å².